The zero-order valence-corrected chi connectivity index (χ0v) is 31.1. The maximum Gasteiger partial charge on any atom is 0.143 e. The summed E-state index contributed by atoms with van der Waals surface area (Å²) in [6.45, 7) is 0. The third-order valence-electron chi connectivity index (χ3n) is 12.9. The lowest BCUT2D eigenvalue weighted by Crippen LogP contribution is -1.87. The molecule has 0 atom stereocenters. The predicted octanol–water partition coefficient (Wildman–Crippen LogP) is 16.3. The van der Waals surface area contributed by atoms with Gasteiger partial charge >= 0.3 is 0 Å². The number of para-hydroxylation sites is 1. The predicted molar refractivity (Wildman–Crippen MR) is 245 cm³/mol. The summed E-state index contributed by atoms with van der Waals surface area (Å²) < 4.78 is 13.2. The quantitative estimate of drug-likeness (QED) is 0.169. The van der Waals surface area contributed by atoms with Gasteiger partial charge in [-0.2, -0.15) is 0 Å². The van der Waals surface area contributed by atoms with E-state index in [2.05, 4.69) is 182 Å². The molecule has 2 nitrogen and oxygen atoms in total. The molecule has 0 unspecified atom stereocenters. The second kappa shape index (κ2) is 11.0. The highest BCUT2D eigenvalue weighted by molar-refractivity contribution is 6.27. The summed E-state index contributed by atoms with van der Waals surface area (Å²) in [4.78, 5) is 0. The Labute approximate surface area is 331 Å². The van der Waals surface area contributed by atoms with Crippen LogP contribution in [-0.2, 0) is 0 Å². The maximum atomic E-state index is 6.74. The van der Waals surface area contributed by atoms with Crippen molar-refractivity contribution in [1.29, 1.82) is 0 Å². The second-order valence-electron chi connectivity index (χ2n) is 16.0. The summed E-state index contributed by atoms with van der Waals surface area (Å²) in [5, 5.41) is 19.9. The van der Waals surface area contributed by atoms with Crippen molar-refractivity contribution >= 4 is 109 Å². The molecule has 0 N–H and O–H groups in total. The van der Waals surface area contributed by atoms with Crippen LogP contribution in [0.2, 0.25) is 0 Å². The van der Waals surface area contributed by atoms with E-state index in [1.54, 1.807) is 0 Å². The van der Waals surface area contributed by atoms with Crippen LogP contribution in [0, 0.1) is 0 Å². The zero-order valence-electron chi connectivity index (χ0n) is 31.1. The van der Waals surface area contributed by atoms with Crippen LogP contribution in [0.15, 0.2) is 191 Å². The third-order valence-corrected chi connectivity index (χ3v) is 12.9. The van der Waals surface area contributed by atoms with Crippen molar-refractivity contribution in [3.8, 4) is 33.4 Å². The molecule has 2 heteroatoms. The molecule has 58 heavy (non-hydrogen) atoms. The first-order valence-electron chi connectivity index (χ1n) is 20.0. The van der Waals surface area contributed by atoms with Crippen molar-refractivity contribution in [2.75, 3.05) is 0 Å². The van der Waals surface area contributed by atoms with E-state index in [0.717, 1.165) is 60.6 Å². The standard InChI is InChI=1S/C56H30O2/c1-4-31-12-14-39-26-41(27-40-15-13-32(5-1)52(31)54(39)40)38-20-24-50-48(30-38)47-29-37(18-23-49(47)57-50)36-19-25-51-46(28-36)45-9-3-8-44(56(45)58-51)42-21-16-35-11-10-33-6-2-7-34-17-22-43(42)55(35)53(33)34/h1-30H. The fourth-order valence-corrected chi connectivity index (χ4v) is 10.2. The van der Waals surface area contributed by atoms with Gasteiger partial charge in [0.15, 0.2) is 0 Å². The van der Waals surface area contributed by atoms with Crippen LogP contribution in [0.25, 0.3) is 142 Å². The summed E-state index contributed by atoms with van der Waals surface area (Å²) in [6, 6.07) is 66.7. The van der Waals surface area contributed by atoms with Crippen LogP contribution < -0.4 is 0 Å². The molecule has 0 bridgehead atoms. The van der Waals surface area contributed by atoms with Gasteiger partial charge in [0, 0.05) is 27.1 Å². The first-order valence-corrected chi connectivity index (χ1v) is 20.0. The van der Waals surface area contributed by atoms with Crippen LogP contribution in [0.5, 0.6) is 0 Å². The van der Waals surface area contributed by atoms with Crippen molar-refractivity contribution < 1.29 is 8.83 Å². The van der Waals surface area contributed by atoms with E-state index in [0.29, 0.717) is 0 Å². The molecular formula is C56H30O2. The molecule has 2 aromatic heterocycles. The first kappa shape index (κ1) is 30.5. The molecule has 0 aliphatic rings. The number of hydrogen-bond donors (Lipinski definition) is 0. The Morgan fingerprint density at radius 2 is 0.690 bits per heavy atom. The fourth-order valence-electron chi connectivity index (χ4n) is 10.2. The Bertz CT molecular complexity index is 3950. The molecule has 14 aromatic rings. The maximum absolute atomic E-state index is 6.74. The highest BCUT2D eigenvalue weighted by atomic mass is 16.3. The third kappa shape index (κ3) is 4.11. The van der Waals surface area contributed by atoms with Gasteiger partial charge in [-0.25, -0.2) is 0 Å². The molecule has 0 saturated carbocycles. The lowest BCUT2D eigenvalue weighted by molar-refractivity contribution is 0.669. The number of rotatable bonds is 3. The molecular weight excluding hydrogens is 705 g/mol. The Morgan fingerprint density at radius 3 is 1.31 bits per heavy atom. The average Bonchev–Trinajstić information content (AvgIpc) is 3.84. The van der Waals surface area contributed by atoms with Gasteiger partial charge < -0.3 is 8.83 Å². The van der Waals surface area contributed by atoms with Gasteiger partial charge in [0.25, 0.3) is 0 Å². The lowest BCUT2D eigenvalue weighted by Gasteiger charge is -2.14. The smallest absolute Gasteiger partial charge is 0.143 e. The Balaban J connectivity index is 0.893. The molecule has 0 spiro atoms. The Hall–Kier alpha value is -7.68. The van der Waals surface area contributed by atoms with E-state index >= 15 is 0 Å². The monoisotopic (exact) mass is 734 g/mol. The molecule has 0 aliphatic carbocycles. The molecule has 0 radical (unpaired) electrons. The Kier molecular flexibility index (Phi) is 5.79. The van der Waals surface area contributed by atoms with E-state index in [4.69, 9.17) is 8.83 Å². The SMILES string of the molecule is c1cc2ccc3cc(-c4ccc5oc6ccc(-c7ccc8oc9c(-c%10ccc%11ccc%12cccc%13ccc%10c%11c%12%13)cccc9c8c7)cc6c5c4)cc4ccc(c1)c2c34. The van der Waals surface area contributed by atoms with Gasteiger partial charge in [0.2, 0.25) is 0 Å². The number of hydrogen-bond acceptors (Lipinski definition) is 2. The minimum Gasteiger partial charge on any atom is -0.456 e. The molecule has 12 aromatic carbocycles. The van der Waals surface area contributed by atoms with Gasteiger partial charge in [0.05, 0.1) is 0 Å². The fraction of sp³-hybridized carbons (Fsp3) is 0. The number of benzene rings is 12. The topological polar surface area (TPSA) is 26.3 Å². The van der Waals surface area contributed by atoms with E-state index in [-0.39, 0.29) is 0 Å². The summed E-state index contributed by atoms with van der Waals surface area (Å²) in [5.74, 6) is 0. The van der Waals surface area contributed by atoms with Crippen LogP contribution in [0.3, 0.4) is 0 Å². The van der Waals surface area contributed by atoms with Gasteiger partial charge in [-0.05, 0) is 141 Å². The van der Waals surface area contributed by atoms with Crippen LogP contribution >= 0.6 is 0 Å². The highest BCUT2D eigenvalue weighted by Gasteiger charge is 2.18. The largest absolute Gasteiger partial charge is 0.456 e. The summed E-state index contributed by atoms with van der Waals surface area (Å²) >= 11 is 0. The minimum atomic E-state index is 0.886. The molecule has 0 amide bonds. The van der Waals surface area contributed by atoms with Gasteiger partial charge in [-0.15, -0.1) is 0 Å². The van der Waals surface area contributed by atoms with E-state index in [1.165, 1.54) is 81.3 Å². The normalized spacial score (nSPS) is 12.5. The van der Waals surface area contributed by atoms with Crippen LogP contribution in [0.4, 0.5) is 0 Å². The molecule has 0 saturated heterocycles. The second-order valence-corrected chi connectivity index (χ2v) is 16.0. The summed E-state index contributed by atoms with van der Waals surface area (Å²) in [5.41, 5.74) is 10.6. The zero-order chi connectivity index (χ0) is 37.6. The van der Waals surface area contributed by atoms with Crippen LogP contribution in [0.1, 0.15) is 0 Å². The highest BCUT2D eigenvalue weighted by Crippen LogP contribution is 2.44. The molecule has 266 valence electrons. The van der Waals surface area contributed by atoms with Crippen molar-refractivity contribution in [3.05, 3.63) is 182 Å². The summed E-state index contributed by atoms with van der Waals surface area (Å²) in [7, 11) is 0. The number of furan rings is 2. The molecule has 0 aliphatic heterocycles. The van der Waals surface area contributed by atoms with Gasteiger partial charge in [-0.3, -0.25) is 0 Å². The van der Waals surface area contributed by atoms with Crippen molar-refractivity contribution in [2.24, 2.45) is 0 Å². The average molecular weight is 735 g/mol. The van der Waals surface area contributed by atoms with E-state index < -0.39 is 0 Å². The lowest BCUT2D eigenvalue weighted by atomic mass is 9.89. The van der Waals surface area contributed by atoms with Gasteiger partial charge in [-0.1, -0.05) is 133 Å². The molecule has 0 fully saturated rings. The summed E-state index contributed by atoms with van der Waals surface area (Å²) in [6.07, 6.45) is 0. The van der Waals surface area contributed by atoms with Crippen molar-refractivity contribution in [2.45, 2.75) is 0 Å². The molecule has 2 heterocycles. The molecule has 14 rings (SSSR count). The number of fused-ring (bicyclic) bond motifs is 6. The van der Waals surface area contributed by atoms with E-state index in [9.17, 15) is 0 Å². The van der Waals surface area contributed by atoms with Crippen molar-refractivity contribution in [1.82, 2.24) is 0 Å². The van der Waals surface area contributed by atoms with E-state index in [1.807, 2.05) is 0 Å². The Morgan fingerprint density at radius 1 is 0.241 bits per heavy atom. The van der Waals surface area contributed by atoms with Gasteiger partial charge in [0.1, 0.15) is 22.3 Å². The first-order chi connectivity index (χ1) is 28.7. The van der Waals surface area contributed by atoms with Crippen LogP contribution in [-0.4, -0.2) is 0 Å². The van der Waals surface area contributed by atoms with Crippen molar-refractivity contribution in [3.63, 3.8) is 0 Å². The minimum absolute atomic E-state index is 0.886.